The fourth-order valence-corrected chi connectivity index (χ4v) is 2.75. The van der Waals surface area contributed by atoms with Crippen LogP contribution in [0.1, 0.15) is 28.2 Å². The molecule has 1 atom stereocenters. The maximum atomic E-state index is 12.4. The predicted octanol–water partition coefficient (Wildman–Crippen LogP) is -0.603. The summed E-state index contributed by atoms with van der Waals surface area (Å²) in [5, 5.41) is 18.9. The number of nitrogens with one attached hydrogen (secondary N) is 2. The number of carboxylic acid groups (broad SMARTS) is 1. The number of carboxylic acids is 1. The van der Waals surface area contributed by atoms with Crippen LogP contribution in [0.3, 0.4) is 0 Å². The van der Waals surface area contributed by atoms with Gasteiger partial charge in [-0.1, -0.05) is 0 Å². The van der Waals surface area contributed by atoms with Crippen molar-refractivity contribution in [3.8, 4) is 0 Å². The molecule has 0 saturated carbocycles. The lowest BCUT2D eigenvalue weighted by molar-refractivity contribution is -0.140. The summed E-state index contributed by atoms with van der Waals surface area (Å²) in [5.74, 6) is -1.09. The van der Waals surface area contributed by atoms with E-state index in [2.05, 4.69) is 15.5 Å². The van der Waals surface area contributed by atoms with Gasteiger partial charge in [-0.05, 0) is 19.3 Å². The zero-order valence-corrected chi connectivity index (χ0v) is 10.5. The van der Waals surface area contributed by atoms with Gasteiger partial charge in [0.25, 0.3) is 5.91 Å². The summed E-state index contributed by atoms with van der Waals surface area (Å²) in [4.78, 5) is 25.0. The van der Waals surface area contributed by atoms with E-state index in [0.29, 0.717) is 18.8 Å². The Hall–Kier alpha value is -1.89. The summed E-state index contributed by atoms with van der Waals surface area (Å²) in [6, 6.07) is -0.690. The summed E-state index contributed by atoms with van der Waals surface area (Å²) >= 11 is 0. The predicted molar refractivity (Wildman–Crippen MR) is 65.9 cm³/mol. The van der Waals surface area contributed by atoms with Crippen LogP contribution in [0.15, 0.2) is 0 Å². The molecule has 3 N–H and O–H groups in total. The molecular weight excluding hydrogens is 248 g/mol. The highest BCUT2D eigenvalue weighted by molar-refractivity contribution is 5.94. The Bertz CT molecular complexity index is 525. The Morgan fingerprint density at radius 3 is 3.00 bits per heavy atom. The lowest BCUT2D eigenvalue weighted by atomic mass is 10.1. The van der Waals surface area contributed by atoms with Gasteiger partial charge in [0.05, 0.1) is 0 Å². The van der Waals surface area contributed by atoms with Gasteiger partial charge in [0.2, 0.25) is 0 Å². The van der Waals surface area contributed by atoms with E-state index in [0.717, 1.165) is 30.5 Å². The van der Waals surface area contributed by atoms with Crippen molar-refractivity contribution in [1.82, 2.24) is 20.4 Å². The third-order valence-corrected chi connectivity index (χ3v) is 3.77. The van der Waals surface area contributed by atoms with E-state index in [1.807, 2.05) is 0 Å². The smallest absolute Gasteiger partial charge is 0.322 e. The van der Waals surface area contributed by atoms with Crippen molar-refractivity contribution < 1.29 is 14.7 Å². The van der Waals surface area contributed by atoms with Gasteiger partial charge < -0.3 is 15.3 Å². The summed E-state index contributed by atoms with van der Waals surface area (Å²) < 4.78 is 0. The minimum Gasteiger partial charge on any atom is -0.480 e. The van der Waals surface area contributed by atoms with Crippen molar-refractivity contribution in [2.75, 3.05) is 19.6 Å². The first-order valence-corrected chi connectivity index (χ1v) is 6.48. The summed E-state index contributed by atoms with van der Waals surface area (Å²) in [7, 11) is 0. The van der Waals surface area contributed by atoms with Crippen LogP contribution in [0.25, 0.3) is 0 Å². The van der Waals surface area contributed by atoms with E-state index in [-0.39, 0.29) is 12.5 Å². The molecule has 19 heavy (non-hydrogen) atoms. The van der Waals surface area contributed by atoms with Crippen LogP contribution in [0.4, 0.5) is 0 Å². The number of hydrogen-bond donors (Lipinski definition) is 3. The zero-order valence-electron chi connectivity index (χ0n) is 10.5. The Balaban J connectivity index is 1.78. The normalized spacial score (nSPS) is 22.3. The van der Waals surface area contributed by atoms with Gasteiger partial charge in [0.15, 0.2) is 5.69 Å². The second-order valence-electron chi connectivity index (χ2n) is 4.98. The van der Waals surface area contributed by atoms with Gasteiger partial charge in [-0.2, -0.15) is 5.10 Å². The van der Waals surface area contributed by atoms with Crippen LogP contribution >= 0.6 is 0 Å². The molecule has 1 saturated heterocycles. The van der Waals surface area contributed by atoms with Gasteiger partial charge in [-0.15, -0.1) is 0 Å². The monoisotopic (exact) mass is 264 g/mol. The number of aryl methyl sites for hydroxylation is 1. The Morgan fingerprint density at radius 2 is 2.21 bits per heavy atom. The topological polar surface area (TPSA) is 98.3 Å². The number of aliphatic carboxylic acids is 1. The van der Waals surface area contributed by atoms with Gasteiger partial charge in [-0.25, -0.2) is 0 Å². The molecule has 0 aromatic carbocycles. The first-order chi connectivity index (χ1) is 9.16. The molecule has 7 heteroatoms. The molecule has 1 aliphatic heterocycles. The number of aromatic amines is 1. The van der Waals surface area contributed by atoms with Gasteiger partial charge in [0.1, 0.15) is 6.04 Å². The molecule has 1 amide bonds. The standard InChI is InChI=1S/C12H16N4O3/c17-11(10-7-2-1-3-8(7)14-15-10)16-5-4-13-9(6-16)12(18)19/h9,13H,1-6H2,(H,14,15)(H,18,19). The Morgan fingerprint density at radius 1 is 1.37 bits per heavy atom. The number of hydrogen-bond acceptors (Lipinski definition) is 4. The number of fused-ring (bicyclic) bond motifs is 1. The first-order valence-electron chi connectivity index (χ1n) is 6.48. The molecule has 102 valence electrons. The minimum atomic E-state index is -0.926. The number of carbonyl (C=O) groups excluding carboxylic acids is 1. The van der Waals surface area contributed by atoms with Crippen molar-refractivity contribution in [1.29, 1.82) is 0 Å². The highest BCUT2D eigenvalue weighted by Gasteiger charge is 2.31. The zero-order chi connectivity index (χ0) is 13.4. The summed E-state index contributed by atoms with van der Waals surface area (Å²) in [6.45, 7) is 1.20. The molecule has 0 spiro atoms. The van der Waals surface area contributed by atoms with Crippen LogP contribution in [-0.4, -0.2) is 57.8 Å². The molecule has 1 aromatic rings. The van der Waals surface area contributed by atoms with Crippen LogP contribution in [0, 0.1) is 0 Å². The van der Waals surface area contributed by atoms with E-state index < -0.39 is 12.0 Å². The van der Waals surface area contributed by atoms with E-state index in [9.17, 15) is 9.59 Å². The molecule has 7 nitrogen and oxygen atoms in total. The molecule has 1 aliphatic carbocycles. The number of aromatic nitrogens is 2. The molecule has 0 radical (unpaired) electrons. The summed E-state index contributed by atoms with van der Waals surface area (Å²) in [6.07, 6.45) is 2.86. The lowest BCUT2D eigenvalue weighted by Gasteiger charge is -2.31. The molecule has 2 aliphatic rings. The average molecular weight is 264 g/mol. The fraction of sp³-hybridized carbons (Fsp3) is 0.583. The minimum absolute atomic E-state index is 0.160. The maximum absolute atomic E-state index is 12.4. The van der Waals surface area contributed by atoms with E-state index >= 15 is 0 Å². The van der Waals surface area contributed by atoms with E-state index in [4.69, 9.17) is 5.11 Å². The van der Waals surface area contributed by atoms with E-state index in [1.165, 1.54) is 0 Å². The molecule has 1 aromatic heterocycles. The molecule has 1 unspecified atom stereocenters. The average Bonchev–Trinajstić information content (AvgIpc) is 3.00. The van der Waals surface area contributed by atoms with Gasteiger partial charge in [-0.3, -0.25) is 14.7 Å². The second-order valence-corrected chi connectivity index (χ2v) is 4.98. The molecule has 2 heterocycles. The Kier molecular flexibility index (Phi) is 2.98. The lowest BCUT2D eigenvalue weighted by Crippen LogP contribution is -2.55. The van der Waals surface area contributed by atoms with Gasteiger partial charge >= 0.3 is 5.97 Å². The fourth-order valence-electron chi connectivity index (χ4n) is 2.75. The van der Waals surface area contributed by atoms with Crippen LogP contribution < -0.4 is 5.32 Å². The van der Waals surface area contributed by atoms with Crippen molar-refractivity contribution in [3.63, 3.8) is 0 Å². The molecular formula is C12H16N4O3. The van der Waals surface area contributed by atoms with Crippen LogP contribution in [0.5, 0.6) is 0 Å². The van der Waals surface area contributed by atoms with Crippen molar-refractivity contribution in [2.24, 2.45) is 0 Å². The highest BCUT2D eigenvalue weighted by Crippen LogP contribution is 2.23. The molecule has 1 fully saturated rings. The van der Waals surface area contributed by atoms with Crippen molar-refractivity contribution in [3.05, 3.63) is 17.0 Å². The number of piperazine rings is 1. The van der Waals surface area contributed by atoms with Gasteiger partial charge in [0, 0.05) is 30.9 Å². The number of nitrogens with zero attached hydrogens (tertiary/aromatic N) is 2. The quantitative estimate of drug-likeness (QED) is 0.662. The third-order valence-electron chi connectivity index (χ3n) is 3.77. The Labute approximate surface area is 110 Å². The van der Waals surface area contributed by atoms with Crippen molar-refractivity contribution in [2.45, 2.75) is 25.3 Å². The first kappa shape index (κ1) is 12.2. The largest absolute Gasteiger partial charge is 0.480 e. The molecule has 0 bridgehead atoms. The number of rotatable bonds is 2. The maximum Gasteiger partial charge on any atom is 0.322 e. The molecule has 3 rings (SSSR count). The number of H-pyrrole nitrogens is 1. The van der Waals surface area contributed by atoms with Crippen molar-refractivity contribution >= 4 is 11.9 Å². The SMILES string of the molecule is O=C(O)C1CN(C(=O)c2n[nH]c3c2CCC3)CCN1. The number of carbonyl (C=O) groups is 2. The highest BCUT2D eigenvalue weighted by atomic mass is 16.4. The second kappa shape index (κ2) is 4.65. The summed E-state index contributed by atoms with van der Waals surface area (Å²) in [5.41, 5.74) is 2.53. The van der Waals surface area contributed by atoms with Crippen LogP contribution in [0.2, 0.25) is 0 Å². The number of amides is 1. The third kappa shape index (κ3) is 2.10. The van der Waals surface area contributed by atoms with E-state index in [1.54, 1.807) is 4.90 Å². The van der Waals surface area contributed by atoms with Crippen LogP contribution in [-0.2, 0) is 17.6 Å².